The lowest BCUT2D eigenvalue weighted by Crippen LogP contribution is -2.40. The van der Waals surface area contributed by atoms with Gasteiger partial charge in [-0.25, -0.2) is 13.6 Å². The summed E-state index contributed by atoms with van der Waals surface area (Å²) in [5, 5.41) is -0.558. The Morgan fingerprint density at radius 2 is 1.77 bits per heavy atom. The van der Waals surface area contributed by atoms with Gasteiger partial charge in [0.1, 0.15) is 9.71 Å². The average Bonchev–Trinajstić information content (AvgIpc) is 3.08. The minimum Gasteiger partial charge on any atom is -0.338 e. The monoisotopic (exact) mass is 467 g/mol. The van der Waals surface area contributed by atoms with Crippen LogP contribution >= 0.6 is 11.3 Å². The minimum absolute atomic E-state index is 0.203. The van der Waals surface area contributed by atoms with Crippen LogP contribution in [0.15, 0.2) is 9.59 Å². The molecule has 0 aliphatic carbocycles. The molecule has 1 fully saturated rings. The molecule has 172 valence electrons. The number of halogens is 5. The van der Waals surface area contributed by atoms with Gasteiger partial charge in [0.05, 0.1) is 17.4 Å². The predicted molar refractivity (Wildman–Crippen MR) is 106 cm³/mol. The smallest absolute Gasteiger partial charge is 0.338 e. The molecular formula is C19H22F5N3O3S. The molecule has 0 spiro atoms. The summed E-state index contributed by atoms with van der Waals surface area (Å²) in [5.74, 6) is -0.314. The lowest BCUT2D eigenvalue weighted by Gasteiger charge is -2.30. The molecule has 1 aliphatic heterocycles. The van der Waals surface area contributed by atoms with Crippen molar-refractivity contribution >= 4 is 27.5 Å². The second-order valence-corrected chi connectivity index (χ2v) is 8.65. The van der Waals surface area contributed by atoms with Crippen molar-refractivity contribution in [3.8, 4) is 0 Å². The topological polar surface area (TPSA) is 64.3 Å². The maximum absolute atomic E-state index is 14.0. The molecule has 0 N–H and O–H groups in total. The highest BCUT2D eigenvalue weighted by atomic mass is 32.1. The number of amides is 1. The zero-order valence-corrected chi connectivity index (χ0v) is 17.8. The molecule has 1 aliphatic rings. The number of thiophene rings is 1. The molecule has 1 saturated heterocycles. The molecule has 31 heavy (non-hydrogen) atoms. The van der Waals surface area contributed by atoms with Crippen molar-refractivity contribution in [2.24, 2.45) is 5.92 Å². The Morgan fingerprint density at radius 3 is 2.29 bits per heavy atom. The van der Waals surface area contributed by atoms with Crippen molar-refractivity contribution < 1.29 is 26.7 Å². The van der Waals surface area contributed by atoms with Gasteiger partial charge in [0.15, 0.2) is 0 Å². The second-order valence-electron chi connectivity index (χ2n) is 7.65. The maximum atomic E-state index is 14.0. The highest BCUT2D eigenvalue weighted by molar-refractivity contribution is 7.20. The van der Waals surface area contributed by atoms with Crippen molar-refractivity contribution in [1.29, 1.82) is 0 Å². The minimum atomic E-state index is -4.59. The fourth-order valence-corrected chi connectivity index (χ4v) is 5.01. The summed E-state index contributed by atoms with van der Waals surface area (Å²) in [5.41, 5.74) is -2.85. The normalized spacial score (nSPS) is 15.9. The van der Waals surface area contributed by atoms with E-state index in [0.717, 1.165) is 0 Å². The van der Waals surface area contributed by atoms with Crippen LogP contribution in [0.5, 0.6) is 0 Å². The van der Waals surface area contributed by atoms with E-state index in [0.29, 0.717) is 52.3 Å². The number of rotatable bonds is 5. The van der Waals surface area contributed by atoms with Crippen LogP contribution in [-0.4, -0.2) is 39.2 Å². The number of aryl methyl sites for hydroxylation is 1. The molecule has 0 unspecified atom stereocenters. The number of carbonyl (C=O) groups is 1. The molecule has 3 heterocycles. The molecule has 2 aromatic heterocycles. The van der Waals surface area contributed by atoms with Crippen molar-refractivity contribution in [1.82, 2.24) is 14.0 Å². The number of fused-ring (bicyclic) bond motifs is 1. The predicted octanol–water partition coefficient (Wildman–Crippen LogP) is 4.01. The highest BCUT2D eigenvalue weighted by Crippen LogP contribution is 2.37. The van der Waals surface area contributed by atoms with Crippen LogP contribution in [0.1, 0.15) is 54.8 Å². The zero-order valence-electron chi connectivity index (χ0n) is 17.0. The first-order valence-electron chi connectivity index (χ1n) is 9.90. The summed E-state index contributed by atoms with van der Waals surface area (Å²) in [4.78, 5) is 39.1. The average molecular weight is 467 g/mol. The number of nitrogens with zero attached hydrogens (tertiary/aromatic N) is 3. The molecule has 0 radical (unpaired) electrons. The molecule has 3 rings (SSSR count). The number of alkyl halides is 5. The van der Waals surface area contributed by atoms with E-state index in [1.165, 1.54) is 11.8 Å². The molecule has 12 heteroatoms. The fraction of sp³-hybridized carbons (Fsp3) is 0.632. The lowest BCUT2D eigenvalue weighted by molar-refractivity contribution is -0.136. The van der Waals surface area contributed by atoms with Gasteiger partial charge in [-0.2, -0.15) is 13.2 Å². The van der Waals surface area contributed by atoms with Gasteiger partial charge in [0, 0.05) is 26.2 Å². The Kier molecular flexibility index (Phi) is 6.59. The third-order valence-electron chi connectivity index (χ3n) is 5.51. The van der Waals surface area contributed by atoms with Gasteiger partial charge in [0.25, 0.3) is 17.9 Å². The molecule has 1 amide bonds. The van der Waals surface area contributed by atoms with E-state index in [2.05, 4.69) is 0 Å². The number of aromatic nitrogens is 2. The van der Waals surface area contributed by atoms with Gasteiger partial charge in [-0.1, -0.05) is 6.92 Å². The fourth-order valence-electron chi connectivity index (χ4n) is 3.72. The highest BCUT2D eigenvalue weighted by Gasteiger charge is 2.34. The lowest BCUT2D eigenvalue weighted by atomic mass is 9.99. The molecular weight excluding hydrogens is 445 g/mol. The Bertz CT molecular complexity index is 1090. The zero-order chi connectivity index (χ0) is 23.1. The summed E-state index contributed by atoms with van der Waals surface area (Å²) in [7, 11) is 0. The summed E-state index contributed by atoms with van der Waals surface area (Å²) >= 11 is 0.491. The third kappa shape index (κ3) is 4.53. The van der Waals surface area contributed by atoms with Crippen LogP contribution in [-0.2, 0) is 13.1 Å². The van der Waals surface area contributed by atoms with Gasteiger partial charge >= 0.3 is 11.9 Å². The van der Waals surface area contributed by atoms with Gasteiger partial charge in [0.2, 0.25) is 0 Å². The second kappa shape index (κ2) is 8.71. The Labute approximate surface area is 177 Å². The van der Waals surface area contributed by atoms with E-state index in [1.807, 2.05) is 6.92 Å². The van der Waals surface area contributed by atoms with Crippen molar-refractivity contribution in [3.63, 3.8) is 0 Å². The van der Waals surface area contributed by atoms with Gasteiger partial charge < -0.3 is 4.90 Å². The van der Waals surface area contributed by atoms with E-state index in [9.17, 15) is 36.3 Å². The van der Waals surface area contributed by atoms with E-state index in [-0.39, 0.29) is 11.4 Å². The van der Waals surface area contributed by atoms with Crippen LogP contribution in [0.4, 0.5) is 22.0 Å². The van der Waals surface area contributed by atoms with E-state index >= 15 is 0 Å². The van der Waals surface area contributed by atoms with E-state index < -0.39 is 58.6 Å². The van der Waals surface area contributed by atoms with Crippen molar-refractivity contribution in [2.45, 2.75) is 58.8 Å². The Hall–Kier alpha value is -2.24. The van der Waals surface area contributed by atoms with Crippen LogP contribution in [0.3, 0.4) is 0 Å². The van der Waals surface area contributed by atoms with Crippen LogP contribution in [0, 0.1) is 5.92 Å². The van der Waals surface area contributed by atoms with Crippen LogP contribution in [0.2, 0.25) is 0 Å². The molecule has 0 atom stereocenters. The standard InChI is InChI=1S/C19H22F5N3O3S/c1-3-26-15(28)12-11(14(20)21)13(16(29)25-7-4-10(2)5-8-25)31-17(12)27(18(26)30)9-6-19(22,23)24/h10,14H,3-9H2,1-2H3. The first-order chi connectivity index (χ1) is 14.5. The summed E-state index contributed by atoms with van der Waals surface area (Å²) in [6.45, 7) is 3.10. The first-order valence-corrected chi connectivity index (χ1v) is 10.7. The molecule has 6 nitrogen and oxygen atoms in total. The van der Waals surface area contributed by atoms with Gasteiger partial charge in [-0.3, -0.25) is 18.7 Å². The van der Waals surface area contributed by atoms with E-state index in [1.54, 1.807) is 0 Å². The van der Waals surface area contributed by atoms with Crippen LogP contribution < -0.4 is 11.2 Å². The molecule has 0 bridgehead atoms. The quantitative estimate of drug-likeness (QED) is 0.625. The maximum Gasteiger partial charge on any atom is 0.390 e. The third-order valence-corrected chi connectivity index (χ3v) is 6.73. The largest absolute Gasteiger partial charge is 0.390 e. The van der Waals surface area contributed by atoms with Crippen molar-refractivity contribution in [2.75, 3.05) is 13.1 Å². The van der Waals surface area contributed by atoms with Gasteiger partial charge in [-0.15, -0.1) is 11.3 Å². The number of likely N-dealkylation sites (tertiary alicyclic amines) is 1. The molecule has 0 aromatic carbocycles. The molecule has 2 aromatic rings. The summed E-state index contributed by atoms with van der Waals surface area (Å²) in [6, 6.07) is 0. The SMILES string of the molecule is CCn1c(=O)c2c(C(F)F)c(C(=O)N3CCC(C)CC3)sc2n(CCC(F)(F)F)c1=O. The first kappa shape index (κ1) is 23.4. The molecule has 0 saturated carbocycles. The van der Waals surface area contributed by atoms with Crippen molar-refractivity contribution in [3.05, 3.63) is 31.3 Å². The number of carbonyl (C=O) groups excluding carboxylic acids is 1. The summed E-state index contributed by atoms with van der Waals surface area (Å²) in [6.07, 6.45) is -7.79. The van der Waals surface area contributed by atoms with Gasteiger partial charge in [-0.05, 0) is 25.7 Å². The number of piperidine rings is 1. The van der Waals surface area contributed by atoms with Crippen LogP contribution in [0.25, 0.3) is 10.2 Å². The van der Waals surface area contributed by atoms with E-state index in [4.69, 9.17) is 0 Å². The number of hydrogen-bond donors (Lipinski definition) is 0. The summed E-state index contributed by atoms with van der Waals surface area (Å²) < 4.78 is 67.7. The number of hydrogen-bond acceptors (Lipinski definition) is 4. The Balaban J connectivity index is 2.24. The Morgan fingerprint density at radius 1 is 1.16 bits per heavy atom.